The van der Waals surface area contributed by atoms with Crippen LogP contribution in [0.15, 0.2) is 0 Å². The zero-order chi connectivity index (χ0) is 5.86. The molecular weight excluding hydrogens is 134 g/mol. The Morgan fingerprint density at radius 1 is 1.86 bits per heavy atom. The third-order valence-electron chi connectivity index (χ3n) is 0.521. The minimum absolute atomic E-state index is 0.211. The second kappa shape index (κ2) is 3.18. The van der Waals surface area contributed by atoms with Crippen LogP contribution in [-0.2, 0) is 4.84 Å². The molecule has 0 radical (unpaired) electrons. The summed E-state index contributed by atoms with van der Waals surface area (Å²) in [5.41, 5.74) is 0. The van der Waals surface area contributed by atoms with Crippen LogP contribution in [0.5, 0.6) is 0 Å². The van der Waals surface area contributed by atoms with Crippen LogP contribution < -0.4 is 0 Å². The molecule has 0 N–H and O–H groups in total. The minimum atomic E-state index is 0.211. The van der Waals surface area contributed by atoms with E-state index in [1.54, 1.807) is 7.05 Å². The summed E-state index contributed by atoms with van der Waals surface area (Å²) in [4.78, 5) is 4.57. The molecule has 0 spiro atoms. The van der Waals surface area contributed by atoms with Crippen molar-refractivity contribution in [1.82, 2.24) is 5.06 Å². The maximum absolute atomic E-state index is 5.26. The Hall–Kier alpha value is 0.140. The molecule has 0 aromatic heterocycles. The quantitative estimate of drug-likeness (QED) is 0.233. The molecule has 0 heterocycles. The van der Waals surface area contributed by atoms with Gasteiger partial charge in [0.25, 0.3) is 0 Å². The zero-order valence-corrected chi connectivity index (χ0v) is 5.71. The molecule has 0 saturated heterocycles. The Balaban J connectivity index is 3.34. The fraction of sp³-hybridized carbons (Fsp3) is 0.667. The van der Waals surface area contributed by atoms with Gasteiger partial charge in [0.15, 0.2) is 4.45 Å². The van der Waals surface area contributed by atoms with Gasteiger partial charge < -0.3 is 0 Å². The van der Waals surface area contributed by atoms with Crippen LogP contribution in [0.2, 0.25) is 0 Å². The van der Waals surface area contributed by atoms with Gasteiger partial charge in [-0.3, -0.25) is 4.84 Å². The first-order valence-electron chi connectivity index (χ1n) is 1.65. The molecule has 2 nitrogen and oxygen atoms in total. The van der Waals surface area contributed by atoms with E-state index in [2.05, 4.69) is 17.1 Å². The molecule has 0 saturated carbocycles. The Morgan fingerprint density at radius 3 is 2.29 bits per heavy atom. The summed E-state index contributed by atoms with van der Waals surface area (Å²) in [6.07, 6.45) is 0. The Morgan fingerprint density at radius 2 is 2.29 bits per heavy atom. The number of nitrogens with zero attached hydrogens (tertiary/aromatic N) is 1. The van der Waals surface area contributed by atoms with Gasteiger partial charge in [-0.25, -0.2) is 5.06 Å². The SMILES string of the molecule is CON(C)C(=S)Cl. The molecule has 0 unspecified atom stereocenters. The number of hydrogen-bond acceptors (Lipinski definition) is 2. The lowest BCUT2D eigenvalue weighted by molar-refractivity contribution is -0.0364. The Bertz CT molecular complexity index is 77.3. The molecular formula is C3H6ClNOS. The predicted molar refractivity (Wildman–Crippen MR) is 33.2 cm³/mol. The van der Waals surface area contributed by atoms with Gasteiger partial charge in [-0.05, 0) is 23.8 Å². The first-order valence-corrected chi connectivity index (χ1v) is 2.44. The van der Waals surface area contributed by atoms with Crippen LogP contribution in [-0.4, -0.2) is 23.7 Å². The highest BCUT2D eigenvalue weighted by atomic mass is 35.5. The van der Waals surface area contributed by atoms with Crippen LogP contribution in [0.1, 0.15) is 0 Å². The molecule has 0 aliphatic carbocycles. The maximum Gasteiger partial charge on any atom is 0.193 e. The summed E-state index contributed by atoms with van der Waals surface area (Å²) in [5.74, 6) is 0. The smallest absolute Gasteiger partial charge is 0.193 e. The minimum Gasteiger partial charge on any atom is -0.275 e. The molecule has 0 aliphatic heterocycles. The predicted octanol–water partition coefficient (Wildman–Crippen LogP) is 1.00. The highest BCUT2D eigenvalue weighted by Crippen LogP contribution is 1.90. The van der Waals surface area contributed by atoms with Gasteiger partial charge in [0.2, 0.25) is 0 Å². The molecule has 0 rings (SSSR count). The average Bonchev–Trinajstić information content (AvgIpc) is 1.65. The lowest BCUT2D eigenvalue weighted by Crippen LogP contribution is -2.18. The van der Waals surface area contributed by atoms with Crippen molar-refractivity contribution in [2.45, 2.75) is 0 Å². The molecule has 0 aliphatic rings. The van der Waals surface area contributed by atoms with Crippen molar-refractivity contribution in [2.24, 2.45) is 0 Å². The van der Waals surface area contributed by atoms with Crippen molar-refractivity contribution < 1.29 is 4.84 Å². The van der Waals surface area contributed by atoms with E-state index in [1.807, 2.05) is 0 Å². The van der Waals surface area contributed by atoms with E-state index in [9.17, 15) is 0 Å². The van der Waals surface area contributed by atoms with Crippen molar-refractivity contribution in [1.29, 1.82) is 0 Å². The van der Waals surface area contributed by atoms with E-state index in [-0.39, 0.29) is 4.45 Å². The fourth-order valence-corrected chi connectivity index (χ4v) is 0.215. The number of hydroxylamine groups is 2. The van der Waals surface area contributed by atoms with Gasteiger partial charge in [-0.1, -0.05) is 0 Å². The molecule has 0 fully saturated rings. The third kappa shape index (κ3) is 2.79. The van der Waals surface area contributed by atoms with Crippen molar-refractivity contribution in [2.75, 3.05) is 14.2 Å². The molecule has 0 aromatic carbocycles. The van der Waals surface area contributed by atoms with E-state index in [0.29, 0.717) is 0 Å². The number of rotatable bonds is 1. The molecule has 0 amide bonds. The Kier molecular flexibility index (Phi) is 3.25. The highest BCUT2D eigenvalue weighted by molar-refractivity contribution is 7.83. The van der Waals surface area contributed by atoms with Crippen LogP contribution in [0, 0.1) is 0 Å². The molecule has 42 valence electrons. The third-order valence-corrected chi connectivity index (χ3v) is 1.02. The van der Waals surface area contributed by atoms with Gasteiger partial charge in [0.05, 0.1) is 7.11 Å². The van der Waals surface area contributed by atoms with Gasteiger partial charge >= 0.3 is 0 Å². The van der Waals surface area contributed by atoms with Crippen LogP contribution >= 0.6 is 23.8 Å². The summed E-state index contributed by atoms with van der Waals surface area (Å²) in [7, 11) is 3.13. The van der Waals surface area contributed by atoms with Gasteiger partial charge in [-0.2, -0.15) is 0 Å². The first kappa shape index (κ1) is 7.14. The fourth-order valence-electron chi connectivity index (χ4n) is 0.0718. The molecule has 0 atom stereocenters. The van der Waals surface area contributed by atoms with Crippen molar-refractivity contribution in [3.8, 4) is 0 Å². The second-order valence-corrected chi connectivity index (χ2v) is 1.90. The number of halogens is 1. The summed E-state index contributed by atoms with van der Waals surface area (Å²) < 4.78 is 0.211. The standard InChI is InChI=1S/C3H6ClNOS/c1-5(6-2)3(4)7/h1-2H3. The highest BCUT2D eigenvalue weighted by Gasteiger charge is 1.93. The summed E-state index contributed by atoms with van der Waals surface area (Å²) in [6.45, 7) is 0. The van der Waals surface area contributed by atoms with Crippen LogP contribution in [0.3, 0.4) is 0 Å². The van der Waals surface area contributed by atoms with E-state index >= 15 is 0 Å². The van der Waals surface area contributed by atoms with Crippen molar-refractivity contribution >= 4 is 28.3 Å². The van der Waals surface area contributed by atoms with Crippen molar-refractivity contribution in [3.63, 3.8) is 0 Å². The normalized spacial score (nSPS) is 8.43. The maximum atomic E-state index is 5.26. The van der Waals surface area contributed by atoms with Crippen LogP contribution in [0.25, 0.3) is 0 Å². The summed E-state index contributed by atoms with van der Waals surface area (Å²) >= 11 is 9.74. The van der Waals surface area contributed by atoms with E-state index < -0.39 is 0 Å². The van der Waals surface area contributed by atoms with Gasteiger partial charge in [-0.15, -0.1) is 0 Å². The molecule has 0 aromatic rings. The summed E-state index contributed by atoms with van der Waals surface area (Å²) in [5, 5.41) is 1.29. The van der Waals surface area contributed by atoms with Crippen LogP contribution in [0.4, 0.5) is 0 Å². The van der Waals surface area contributed by atoms with Crippen molar-refractivity contribution in [3.05, 3.63) is 0 Å². The first-order chi connectivity index (χ1) is 3.18. The van der Waals surface area contributed by atoms with E-state index in [1.165, 1.54) is 12.2 Å². The molecule has 7 heavy (non-hydrogen) atoms. The molecule has 0 bridgehead atoms. The largest absolute Gasteiger partial charge is 0.275 e. The van der Waals surface area contributed by atoms with Gasteiger partial charge in [0, 0.05) is 7.05 Å². The monoisotopic (exact) mass is 139 g/mol. The molecule has 4 heteroatoms. The number of thiocarbonyl (C=S) groups is 1. The topological polar surface area (TPSA) is 12.5 Å². The van der Waals surface area contributed by atoms with E-state index in [0.717, 1.165) is 0 Å². The zero-order valence-electron chi connectivity index (χ0n) is 4.14. The second-order valence-electron chi connectivity index (χ2n) is 0.933. The van der Waals surface area contributed by atoms with Gasteiger partial charge in [0.1, 0.15) is 0 Å². The average molecular weight is 140 g/mol. The lowest BCUT2D eigenvalue weighted by Gasteiger charge is -2.09. The summed E-state index contributed by atoms with van der Waals surface area (Å²) in [6, 6.07) is 0. The Labute approximate surface area is 53.0 Å². The number of hydrogen-bond donors (Lipinski definition) is 0. The van der Waals surface area contributed by atoms with E-state index in [4.69, 9.17) is 11.6 Å². The lowest BCUT2D eigenvalue weighted by atomic mass is 11.2.